The van der Waals surface area contributed by atoms with Gasteiger partial charge in [-0.2, -0.15) is 0 Å². The van der Waals surface area contributed by atoms with Crippen LogP contribution in [-0.4, -0.2) is 147 Å². The molecule has 0 aromatic rings. The Morgan fingerprint density at radius 1 is 0.475 bits per heavy atom. The SMILES string of the molecule is CCC(C)(C)C(=O)OC1(C(C)C)C2CC3CC(C2)CC1C3.CCC(C)(C)C(=O)OC12CC3CC(C1)CC(C(=O)OCC1CC(CC(=O)OC(C)(C)C)OC(C)(C)O1)(C3)C2.CCC(C)(C)C(=O)OC12CC3CC(O)(CC(O)(C3)C1)C2.CCC(C)(C)C(=O)OCC(=O)OC1C2CC3CC(C2)C(=O)OC1C3.CCC1(OC(=O)C(C)(C)CC)CCCC1. The van der Waals surface area contributed by atoms with Crippen LogP contribution in [0, 0.1) is 97.6 Å². The van der Waals surface area contributed by atoms with Gasteiger partial charge in [0.05, 0.1) is 68.2 Å². The van der Waals surface area contributed by atoms with Crippen LogP contribution in [0.3, 0.4) is 0 Å². The Morgan fingerprint density at radius 3 is 1.43 bits per heavy atom. The van der Waals surface area contributed by atoms with Crippen LogP contribution in [0.5, 0.6) is 0 Å². The standard InChI is InChI=1S/C30H48O8.C19H32O2.C18H26O6.C16H26O4.C13H24O2/c1-9-27(5,6)24(32)38-30-15-19-10-20(16-30)14-29(13-19,18-30)25(33)34-17-22-11-21(35-28(7,8)36-22)12-23(31)37-26(2,3)4;1-6-18(4,5)17(20)21-19(12(2)3)15-8-13-7-14(10-15)11-16(19)9-13;1-4-18(2,3)17(21)22-9-14(19)24-15-11-5-10-6-12(8-11)16(20)23-13(15)7-10;1-4-13(2,3)12(17)20-16-7-11-5-14(18,9-16)8-15(19,6-11)10-16;1-5-12(3,4)11(14)15-13(6-2)9-7-8-10-13/h19-22H,9-18H2,1-8H3;12-16H,6-11H2,1-5H3;10-13,15H,4-9H2,1-3H3;11,18-19H,4-10H2,1-3H3;5-10H2,1-4H3. The molecule has 0 amide bonds. The lowest BCUT2D eigenvalue weighted by molar-refractivity contribution is -0.305. The van der Waals surface area contributed by atoms with Gasteiger partial charge in [-0.15, -0.1) is 0 Å². The lowest BCUT2D eigenvalue weighted by Gasteiger charge is -2.62. The molecule has 18 aliphatic rings. The summed E-state index contributed by atoms with van der Waals surface area (Å²) in [5.74, 6) is 2.21. The van der Waals surface area contributed by atoms with E-state index in [4.69, 9.17) is 52.1 Å². The van der Waals surface area contributed by atoms with Crippen LogP contribution >= 0.6 is 0 Å². The second kappa shape index (κ2) is 35.6. The van der Waals surface area contributed by atoms with E-state index in [1.807, 2.05) is 104 Å². The molecule has 672 valence electrons. The molecule has 0 aromatic heterocycles. The van der Waals surface area contributed by atoms with E-state index in [0.29, 0.717) is 80.5 Å². The van der Waals surface area contributed by atoms with Crippen molar-refractivity contribution in [3.05, 3.63) is 0 Å². The van der Waals surface area contributed by atoms with Crippen molar-refractivity contribution in [3.63, 3.8) is 0 Å². The van der Waals surface area contributed by atoms with Crippen LogP contribution in [0.2, 0.25) is 0 Å². The zero-order valence-electron chi connectivity index (χ0n) is 77.0. The van der Waals surface area contributed by atoms with Crippen LogP contribution in [0.15, 0.2) is 0 Å². The quantitative estimate of drug-likeness (QED) is 0.0670. The third-order valence-corrected chi connectivity index (χ3v) is 31.3. The number of hydrogen-bond donors (Lipinski definition) is 2. The van der Waals surface area contributed by atoms with E-state index < -0.39 is 73.5 Å². The molecule has 118 heavy (non-hydrogen) atoms. The fourth-order valence-corrected chi connectivity index (χ4v) is 23.9. The van der Waals surface area contributed by atoms with Gasteiger partial charge in [-0.05, 0) is 330 Å². The lowest BCUT2D eigenvalue weighted by Crippen LogP contribution is -2.67. The van der Waals surface area contributed by atoms with Crippen LogP contribution in [0.4, 0.5) is 0 Å². The van der Waals surface area contributed by atoms with E-state index in [9.17, 15) is 53.4 Å². The highest BCUT2D eigenvalue weighted by Gasteiger charge is 2.67. The molecule has 0 spiro atoms. The summed E-state index contributed by atoms with van der Waals surface area (Å²) in [6, 6.07) is 0. The first-order valence-electron chi connectivity index (χ1n) is 46.3. The maximum absolute atomic E-state index is 13.7. The molecule has 18 fully saturated rings. The summed E-state index contributed by atoms with van der Waals surface area (Å²) in [4.78, 5) is 112. The molecule has 11 atom stereocenters. The van der Waals surface area contributed by atoms with Crippen LogP contribution in [0.1, 0.15) is 371 Å². The van der Waals surface area contributed by atoms with E-state index in [-0.39, 0.29) is 120 Å². The number of aliphatic hydroxyl groups is 2. The molecule has 22 nitrogen and oxygen atoms in total. The van der Waals surface area contributed by atoms with Crippen molar-refractivity contribution in [3.8, 4) is 0 Å². The van der Waals surface area contributed by atoms with Crippen molar-refractivity contribution in [2.24, 2.45) is 97.6 Å². The highest BCUT2D eigenvalue weighted by molar-refractivity contribution is 5.81. The normalized spacial score (nSPS) is 36.5. The first-order valence-corrected chi connectivity index (χ1v) is 46.3. The molecule has 11 unspecified atom stereocenters. The fraction of sp³-hybridized carbons (Fsp3) is 0.906. The van der Waals surface area contributed by atoms with Crippen LogP contribution < -0.4 is 0 Å². The number of esters is 9. The smallest absolute Gasteiger partial charge is 0.344 e. The van der Waals surface area contributed by atoms with Gasteiger partial charge >= 0.3 is 53.7 Å². The molecule has 16 bridgehead atoms. The Balaban J connectivity index is 0.000000161. The molecular formula is C96H156O22. The van der Waals surface area contributed by atoms with Crippen molar-refractivity contribution >= 4 is 53.7 Å². The second-order valence-corrected chi connectivity index (χ2v) is 45.1. The first kappa shape index (κ1) is 95.3. The van der Waals surface area contributed by atoms with Gasteiger partial charge in [0.25, 0.3) is 0 Å². The third kappa shape index (κ3) is 21.9. The van der Waals surface area contributed by atoms with Gasteiger partial charge in [-0.1, -0.05) is 55.4 Å². The Labute approximate surface area is 707 Å². The molecule has 3 aliphatic heterocycles. The zero-order chi connectivity index (χ0) is 87.4. The summed E-state index contributed by atoms with van der Waals surface area (Å²) in [5, 5.41) is 21.3. The Morgan fingerprint density at radius 2 is 0.941 bits per heavy atom. The second-order valence-electron chi connectivity index (χ2n) is 45.1. The van der Waals surface area contributed by atoms with E-state index >= 15 is 0 Å². The summed E-state index contributed by atoms with van der Waals surface area (Å²) < 4.78 is 63.9. The minimum absolute atomic E-state index is 0.0197. The average Bonchev–Trinajstić information content (AvgIpc) is 0.780. The molecule has 15 saturated carbocycles. The molecule has 22 heteroatoms. The highest BCUT2D eigenvalue weighted by atomic mass is 16.7. The fourth-order valence-electron chi connectivity index (χ4n) is 23.9. The van der Waals surface area contributed by atoms with Gasteiger partial charge < -0.3 is 62.3 Å². The number of rotatable bonds is 24. The molecule has 0 radical (unpaired) electrons. The van der Waals surface area contributed by atoms with E-state index in [2.05, 4.69) is 27.7 Å². The summed E-state index contributed by atoms with van der Waals surface area (Å²) in [5.41, 5.74) is -6.73. The minimum atomic E-state index is -0.910. The Hall–Kier alpha value is -4.93. The molecular weight excluding hydrogens is 1510 g/mol. The van der Waals surface area contributed by atoms with E-state index in [0.717, 1.165) is 127 Å². The summed E-state index contributed by atoms with van der Waals surface area (Å²) in [6.07, 6.45) is 26.8. The lowest BCUT2D eigenvalue weighted by atomic mass is 9.47. The number of hydrogen-bond acceptors (Lipinski definition) is 22. The maximum Gasteiger partial charge on any atom is 0.344 e. The molecule has 3 heterocycles. The van der Waals surface area contributed by atoms with Crippen molar-refractivity contribution in [1.82, 2.24) is 0 Å². The predicted octanol–water partition coefficient (Wildman–Crippen LogP) is 18.4. The van der Waals surface area contributed by atoms with Gasteiger partial charge in [0, 0.05) is 38.0 Å². The third-order valence-electron chi connectivity index (χ3n) is 31.3. The summed E-state index contributed by atoms with van der Waals surface area (Å²) in [6.45, 7) is 44.6. The van der Waals surface area contributed by atoms with Gasteiger partial charge in [0.2, 0.25) is 0 Å². The predicted molar refractivity (Wildman–Crippen MR) is 444 cm³/mol. The van der Waals surface area contributed by atoms with E-state index in [1.165, 1.54) is 44.9 Å². The van der Waals surface area contributed by atoms with Gasteiger partial charge in [0.15, 0.2) is 12.4 Å². The topological polar surface area (TPSA) is 296 Å². The maximum atomic E-state index is 13.7. The highest BCUT2D eigenvalue weighted by Crippen LogP contribution is 2.66. The van der Waals surface area contributed by atoms with Crippen molar-refractivity contribution in [1.29, 1.82) is 0 Å². The molecule has 0 aromatic carbocycles. The summed E-state index contributed by atoms with van der Waals surface area (Å²) >= 11 is 0. The van der Waals surface area contributed by atoms with Crippen LogP contribution in [-0.2, 0) is 95.3 Å². The number of ether oxygens (including phenoxy) is 11. The average molecular weight is 1660 g/mol. The monoisotopic (exact) mass is 1660 g/mol. The molecule has 2 N–H and O–H groups in total. The Bertz CT molecular complexity index is 3520. The zero-order valence-corrected chi connectivity index (χ0v) is 77.0. The largest absolute Gasteiger partial charge is 0.462 e. The van der Waals surface area contributed by atoms with Crippen LogP contribution in [0.25, 0.3) is 0 Å². The van der Waals surface area contributed by atoms with E-state index in [1.54, 1.807) is 27.7 Å². The summed E-state index contributed by atoms with van der Waals surface area (Å²) in [7, 11) is 0. The Kier molecular flexibility index (Phi) is 28.8. The molecule has 18 rings (SSSR count). The minimum Gasteiger partial charge on any atom is -0.462 e. The molecule has 15 aliphatic carbocycles. The first-order chi connectivity index (χ1) is 54.6. The molecule has 3 saturated heterocycles. The van der Waals surface area contributed by atoms with Crippen molar-refractivity contribution < 1.29 is 105 Å². The van der Waals surface area contributed by atoms with Crippen molar-refractivity contribution in [2.75, 3.05) is 13.2 Å². The number of fused-ring (bicyclic) bond motifs is 1. The number of carbonyl (C=O) groups excluding carboxylic acids is 9. The number of carbonyl (C=O) groups is 9. The van der Waals surface area contributed by atoms with Gasteiger partial charge in [-0.3, -0.25) is 38.4 Å². The van der Waals surface area contributed by atoms with Gasteiger partial charge in [-0.25, -0.2) is 4.79 Å². The van der Waals surface area contributed by atoms with Crippen molar-refractivity contribution in [2.45, 2.75) is 441 Å². The van der Waals surface area contributed by atoms with Gasteiger partial charge in [0.1, 0.15) is 46.8 Å².